The van der Waals surface area contributed by atoms with Gasteiger partial charge in [0.2, 0.25) is 0 Å². The molecule has 3 aromatic rings. The van der Waals surface area contributed by atoms with Crippen molar-refractivity contribution in [3.05, 3.63) is 65.6 Å². The van der Waals surface area contributed by atoms with Gasteiger partial charge < -0.3 is 9.88 Å². The van der Waals surface area contributed by atoms with Crippen LogP contribution >= 0.6 is 0 Å². The molecule has 0 radical (unpaired) electrons. The molecule has 21 heavy (non-hydrogen) atoms. The lowest BCUT2D eigenvalue weighted by Gasteiger charge is -2.16. The fraction of sp³-hybridized carbons (Fsp3) is 0.278. The Morgan fingerprint density at radius 3 is 2.81 bits per heavy atom. The van der Waals surface area contributed by atoms with Crippen LogP contribution in [-0.4, -0.2) is 16.6 Å². The summed E-state index contributed by atoms with van der Waals surface area (Å²) < 4.78 is 2.31. The Labute approximate surface area is 125 Å². The van der Waals surface area contributed by atoms with Gasteiger partial charge in [0, 0.05) is 35.6 Å². The Morgan fingerprint density at radius 1 is 1.19 bits per heavy atom. The summed E-state index contributed by atoms with van der Waals surface area (Å²) in [6, 6.07) is 15.2. The van der Waals surface area contributed by atoms with Crippen LogP contribution in [0.3, 0.4) is 0 Å². The highest BCUT2D eigenvalue weighted by molar-refractivity contribution is 5.82. The third-order valence-corrected chi connectivity index (χ3v) is 4.01. The first-order valence-electron chi connectivity index (χ1n) is 7.36. The second-order valence-electron chi connectivity index (χ2n) is 5.51. The molecule has 1 atom stereocenters. The van der Waals surface area contributed by atoms with E-state index in [4.69, 9.17) is 0 Å². The quantitative estimate of drug-likeness (QED) is 0.789. The molecule has 108 valence electrons. The number of para-hydroxylation sites is 1. The molecular weight excluding hydrogens is 258 g/mol. The third kappa shape index (κ3) is 2.69. The van der Waals surface area contributed by atoms with Crippen LogP contribution < -0.4 is 5.32 Å². The number of aromatic nitrogens is 2. The molecule has 3 nitrogen and oxygen atoms in total. The smallest absolute Gasteiger partial charge is 0.0708 e. The lowest BCUT2D eigenvalue weighted by atomic mass is 10.1. The molecule has 0 spiro atoms. The molecule has 3 heteroatoms. The second kappa shape index (κ2) is 5.70. The maximum Gasteiger partial charge on any atom is 0.0708 e. The zero-order chi connectivity index (χ0) is 14.8. The van der Waals surface area contributed by atoms with Gasteiger partial charge in [-0.2, -0.15) is 0 Å². The lowest BCUT2D eigenvalue weighted by molar-refractivity contribution is 0.590. The van der Waals surface area contributed by atoms with Gasteiger partial charge in [-0.25, -0.2) is 0 Å². The molecule has 0 aliphatic carbocycles. The maximum absolute atomic E-state index is 4.62. The van der Waals surface area contributed by atoms with Crippen molar-refractivity contribution in [2.75, 3.05) is 7.05 Å². The van der Waals surface area contributed by atoms with Crippen molar-refractivity contribution in [2.45, 2.75) is 26.4 Å². The first-order valence-corrected chi connectivity index (χ1v) is 7.36. The Hall–Kier alpha value is -2.13. The van der Waals surface area contributed by atoms with Crippen molar-refractivity contribution in [3.63, 3.8) is 0 Å². The van der Waals surface area contributed by atoms with Gasteiger partial charge in [0.15, 0.2) is 0 Å². The van der Waals surface area contributed by atoms with Crippen LogP contribution in [0.15, 0.2) is 48.7 Å². The van der Waals surface area contributed by atoms with E-state index in [9.17, 15) is 0 Å². The number of rotatable bonds is 4. The second-order valence-corrected chi connectivity index (χ2v) is 5.51. The van der Waals surface area contributed by atoms with E-state index in [-0.39, 0.29) is 0 Å². The van der Waals surface area contributed by atoms with Crippen LogP contribution in [0.1, 0.15) is 29.9 Å². The van der Waals surface area contributed by atoms with E-state index in [0.29, 0.717) is 6.04 Å². The molecule has 0 aliphatic heterocycles. The number of nitrogens with zero attached hydrogens (tertiary/aromatic N) is 2. The molecule has 0 saturated heterocycles. The Balaban J connectivity index is 2.04. The van der Waals surface area contributed by atoms with E-state index >= 15 is 0 Å². The molecule has 1 unspecified atom stereocenters. The number of pyridine rings is 1. The van der Waals surface area contributed by atoms with E-state index in [1.54, 1.807) is 0 Å². The van der Waals surface area contributed by atoms with Crippen molar-refractivity contribution in [3.8, 4) is 0 Å². The van der Waals surface area contributed by atoms with E-state index in [0.717, 1.165) is 17.8 Å². The first-order chi connectivity index (χ1) is 10.2. The highest BCUT2D eigenvalue weighted by Crippen LogP contribution is 2.21. The summed E-state index contributed by atoms with van der Waals surface area (Å²) in [6.07, 6.45) is 2.15. The van der Waals surface area contributed by atoms with Gasteiger partial charge in [0.25, 0.3) is 0 Å². The van der Waals surface area contributed by atoms with Crippen LogP contribution in [0.25, 0.3) is 10.9 Å². The molecule has 2 aromatic heterocycles. The molecule has 3 rings (SSSR count). The SMILES string of the molecule is CNC(C)c1cccn1Cc1cc(C)nc2ccccc12. The molecule has 0 aliphatic rings. The minimum Gasteiger partial charge on any atom is -0.346 e. The Kier molecular flexibility index (Phi) is 3.76. The molecule has 0 fully saturated rings. The standard InChI is InChI=1S/C18H21N3/c1-13-11-15(16-7-4-5-8-17(16)20-13)12-21-10-6-9-18(21)14(2)19-3/h4-11,14,19H,12H2,1-3H3. The summed E-state index contributed by atoms with van der Waals surface area (Å²) in [7, 11) is 1.99. The van der Waals surface area contributed by atoms with Gasteiger partial charge in [-0.15, -0.1) is 0 Å². The normalized spacial score (nSPS) is 12.7. The molecule has 1 N–H and O–H groups in total. The van der Waals surface area contributed by atoms with Gasteiger partial charge in [-0.3, -0.25) is 4.98 Å². The summed E-state index contributed by atoms with van der Waals surface area (Å²) in [5, 5.41) is 4.54. The van der Waals surface area contributed by atoms with Crippen LogP contribution in [0, 0.1) is 6.92 Å². The maximum atomic E-state index is 4.62. The lowest BCUT2D eigenvalue weighted by Crippen LogP contribution is -2.17. The average molecular weight is 279 g/mol. The predicted octanol–water partition coefficient (Wildman–Crippen LogP) is 3.67. The number of aryl methyl sites for hydroxylation is 1. The van der Waals surface area contributed by atoms with Gasteiger partial charge in [-0.1, -0.05) is 18.2 Å². The van der Waals surface area contributed by atoms with Crippen LogP contribution in [-0.2, 0) is 6.54 Å². The average Bonchev–Trinajstić information content (AvgIpc) is 2.94. The summed E-state index contributed by atoms with van der Waals surface area (Å²) >= 11 is 0. The molecular formula is C18H21N3. The highest BCUT2D eigenvalue weighted by atomic mass is 15.0. The van der Waals surface area contributed by atoms with Gasteiger partial charge in [0.05, 0.1) is 5.52 Å². The Morgan fingerprint density at radius 2 is 2.00 bits per heavy atom. The summed E-state index contributed by atoms with van der Waals surface area (Å²) in [4.78, 5) is 4.62. The van der Waals surface area contributed by atoms with E-state index in [1.165, 1.54) is 16.6 Å². The summed E-state index contributed by atoms with van der Waals surface area (Å²) in [5.74, 6) is 0. The van der Waals surface area contributed by atoms with Gasteiger partial charge >= 0.3 is 0 Å². The largest absolute Gasteiger partial charge is 0.346 e. The molecule has 2 heterocycles. The highest BCUT2D eigenvalue weighted by Gasteiger charge is 2.10. The number of hydrogen-bond acceptors (Lipinski definition) is 2. The number of benzene rings is 1. The van der Waals surface area contributed by atoms with E-state index in [1.807, 2.05) is 13.1 Å². The van der Waals surface area contributed by atoms with Crippen molar-refractivity contribution in [1.82, 2.24) is 14.9 Å². The topological polar surface area (TPSA) is 29.9 Å². The van der Waals surface area contributed by atoms with E-state index in [2.05, 4.69) is 71.3 Å². The molecule has 1 aromatic carbocycles. The number of nitrogens with one attached hydrogen (secondary N) is 1. The van der Waals surface area contributed by atoms with Gasteiger partial charge in [-0.05, 0) is 50.7 Å². The Bertz CT molecular complexity index is 758. The third-order valence-electron chi connectivity index (χ3n) is 4.01. The van der Waals surface area contributed by atoms with Gasteiger partial charge in [0.1, 0.15) is 0 Å². The fourth-order valence-electron chi connectivity index (χ4n) is 2.82. The summed E-state index contributed by atoms with van der Waals surface area (Å²) in [6.45, 7) is 5.11. The van der Waals surface area contributed by atoms with Crippen molar-refractivity contribution >= 4 is 10.9 Å². The van der Waals surface area contributed by atoms with Crippen molar-refractivity contribution in [1.29, 1.82) is 0 Å². The monoisotopic (exact) mass is 279 g/mol. The van der Waals surface area contributed by atoms with Crippen LogP contribution in [0.2, 0.25) is 0 Å². The first kappa shape index (κ1) is 13.8. The molecule has 0 saturated carbocycles. The van der Waals surface area contributed by atoms with Crippen molar-refractivity contribution in [2.24, 2.45) is 0 Å². The number of hydrogen-bond donors (Lipinski definition) is 1. The fourth-order valence-corrected chi connectivity index (χ4v) is 2.82. The molecule has 0 amide bonds. The van der Waals surface area contributed by atoms with Crippen LogP contribution in [0.4, 0.5) is 0 Å². The van der Waals surface area contributed by atoms with Crippen LogP contribution in [0.5, 0.6) is 0 Å². The zero-order valence-electron chi connectivity index (χ0n) is 12.8. The van der Waals surface area contributed by atoms with Crippen molar-refractivity contribution < 1.29 is 0 Å². The number of fused-ring (bicyclic) bond motifs is 1. The minimum atomic E-state index is 0.342. The predicted molar refractivity (Wildman–Crippen MR) is 87.5 cm³/mol. The molecule has 0 bridgehead atoms. The minimum absolute atomic E-state index is 0.342. The zero-order valence-corrected chi connectivity index (χ0v) is 12.8. The van der Waals surface area contributed by atoms with E-state index < -0.39 is 0 Å². The summed E-state index contributed by atoms with van der Waals surface area (Å²) in [5.41, 5.74) is 4.76.